The van der Waals surface area contributed by atoms with E-state index in [1.807, 2.05) is 0 Å². The molecule has 0 aliphatic rings. The number of rotatable bonds is 7. The Labute approximate surface area is 121 Å². The van der Waals surface area contributed by atoms with Crippen molar-refractivity contribution in [2.75, 3.05) is 26.8 Å². The van der Waals surface area contributed by atoms with Gasteiger partial charge in [0.15, 0.2) is 0 Å². The SMILES string of the molecule is COCCNCCC(C)(C)c1cc(Br)c(Cl)s1. The molecule has 0 saturated heterocycles. The molecule has 1 N–H and O–H groups in total. The molecule has 0 bridgehead atoms. The summed E-state index contributed by atoms with van der Waals surface area (Å²) in [5.41, 5.74) is 0.153. The van der Waals surface area contributed by atoms with Crippen molar-refractivity contribution in [3.05, 3.63) is 19.8 Å². The van der Waals surface area contributed by atoms with Crippen LogP contribution in [0.25, 0.3) is 0 Å². The monoisotopic (exact) mass is 339 g/mol. The van der Waals surface area contributed by atoms with Crippen molar-refractivity contribution in [1.82, 2.24) is 5.32 Å². The summed E-state index contributed by atoms with van der Waals surface area (Å²) in [7, 11) is 1.72. The Morgan fingerprint density at radius 3 is 2.71 bits per heavy atom. The van der Waals surface area contributed by atoms with Gasteiger partial charge in [0.1, 0.15) is 4.34 Å². The molecule has 0 aliphatic carbocycles. The molecule has 1 aromatic heterocycles. The number of hydrogen-bond donors (Lipinski definition) is 1. The van der Waals surface area contributed by atoms with E-state index in [1.165, 1.54) is 4.88 Å². The van der Waals surface area contributed by atoms with Crippen LogP contribution >= 0.6 is 38.9 Å². The van der Waals surface area contributed by atoms with Crippen LogP contribution in [-0.4, -0.2) is 26.8 Å². The van der Waals surface area contributed by atoms with Gasteiger partial charge in [0.05, 0.1) is 6.61 Å². The highest BCUT2D eigenvalue weighted by Crippen LogP contribution is 2.39. The average molecular weight is 341 g/mol. The zero-order valence-electron chi connectivity index (χ0n) is 10.5. The first kappa shape index (κ1) is 15.4. The van der Waals surface area contributed by atoms with Gasteiger partial charge in [0, 0.05) is 28.4 Å². The lowest BCUT2D eigenvalue weighted by molar-refractivity contribution is 0.198. The lowest BCUT2D eigenvalue weighted by Gasteiger charge is -2.23. The fourth-order valence-electron chi connectivity index (χ4n) is 1.50. The molecule has 17 heavy (non-hydrogen) atoms. The fraction of sp³-hybridized carbons (Fsp3) is 0.667. The second kappa shape index (κ2) is 7.10. The van der Waals surface area contributed by atoms with E-state index < -0.39 is 0 Å². The summed E-state index contributed by atoms with van der Waals surface area (Å²) in [6.07, 6.45) is 1.08. The van der Waals surface area contributed by atoms with Gasteiger partial charge in [0.2, 0.25) is 0 Å². The quantitative estimate of drug-likeness (QED) is 0.756. The summed E-state index contributed by atoms with van der Waals surface area (Å²) in [5, 5.41) is 3.37. The molecule has 0 aromatic carbocycles. The predicted molar refractivity (Wildman–Crippen MR) is 79.4 cm³/mol. The van der Waals surface area contributed by atoms with E-state index >= 15 is 0 Å². The predicted octanol–water partition coefficient (Wildman–Crippen LogP) is 4.07. The van der Waals surface area contributed by atoms with Gasteiger partial charge in [-0.25, -0.2) is 0 Å². The van der Waals surface area contributed by atoms with Crippen molar-refractivity contribution in [2.45, 2.75) is 25.7 Å². The molecule has 1 heterocycles. The molecule has 0 aliphatic heterocycles. The molecule has 0 saturated carbocycles. The van der Waals surface area contributed by atoms with Crippen molar-refractivity contribution >= 4 is 38.9 Å². The number of ether oxygens (including phenoxy) is 1. The second-order valence-corrected chi connectivity index (χ2v) is 7.12. The highest BCUT2D eigenvalue weighted by Gasteiger charge is 2.23. The number of thiophene rings is 1. The molecule has 1 rings (SSSR count). The molecular formula is C12H19BrClNOS. The van der Waals surface area contributed by atoms with Gasteiger partial charge in [-0.05, 0) is 35.0 Å². The Morgan fingerprint density at radius 2 is 2.18 bits per heavy atom. The summed E-state index contributed by atoms with van der Waals surface area (Å²) in [6, 6.07) is 2.13. The first-order valence-electron chi connectivity index (χ1n) is 5.62. The van der Waals surface area contributed by atoms with E-state index in [0.29, 0.717) is 0 Å². The zero-order chi connectivity index (χ0) is 12.9. The number of methoxy groups -OCH3 is 1. The molecule has 0 radical (unpaired) electrons. The highest BCUT2D eigenvalue weighted by molar-refractivity contribution is 9.10. The minimum Gasteiger partial charge on any atom is -0.383 e. The van der Waals surface area contributed by atoms with Gasteiger partial charge in [-0.1, -0.05) is 25.4 Å². The van der Waals surface area contributed by atoms with Gasteiger partial charge < -0.3 is 10.1 Å². The van der Waals surface area contributed by atoms with Crippen LogP contribution in [0.2, 0.25) is 4.34 Å². The van der Waals surface area contributed by atoms with Crippen molar-refractivity contribution in [3.63, 3.8) is 0 Å². The van der Waals surface area contributed by atoms with E-state index in [9.17, 15) is 0 Å². The van der Waals surface area contributed by atoms with Crippen LogP contribution in [-0.2, 0) is 10.2 Å². The number of halogens is 2. The maximum absolute atomic E-state index is 6.08. The number of nitrogens with one attached hydrogen (secondary N) is 1. The molecule has 0 fully saturated rings. The van der Waals surface area contributed by atoms with Crippen LogP contribution in [0.3, 0.4) is 0 Å². The van der Waals surface area contributed by atoms with Crippen molar-refractivity contribution in [3.8, 4) is 0 Å². The van der Waals surface area contributed by atoms with Crippen LogP contribution in [0.5, 0.6) is 0 Å². The van der Waals surface area contributed by atoms with E-state index in [0.717, 1.165) is 34.9 Å². The lowest BCUT2D eigenvalue weighted by atomic mass is 9.87. The number of hydrogen-bond acceptors (Lipinski definition) is 3. The average Bonchev–Trinajstić information content (AvgIpc) is 2.60. The Bertz CT molecular complexity index is 335. The van der Waals surface area contributed by atoms with Crippen LogP contribution in [0.1, 0.15) is 25.1 Å². The largest absolute Gasteiger partial charge is 0.383 e. The normalized spacial score (nSPS) is 12.1. The third-order valence-electron chi connectivity index (χ3n) is 2.72. The molecule has 1 aromatic rings. The van der Waals surface area contributed by atoms with Crippen molar-refractivity contribution in [2.24, 2.45) is 0 Å². The van der Waals surface area contributed by atoms with Crippen LogP contribution in [0.4, 0.5) is 0 Å². The minimum absolute atomic E-state index is 0.153. The first-order chi connectivity index (χ1) is 7.97. The van der Waals surface area contributed by atoms with Gasteiger partial charge in [-0.2, -0.15) is 0 Å². The third-order valence-corrected chi connectivity index (χ3v) is 5.56. The molecule has 5 heteroatoms. The van der Waals surface area contributed by atoms with Crippen LogP contribution in [0.15, 0.2) is 10.5 Å². The summed E-state index contributed by atoms with van der Waals surface area (Å²) in [4.78, 5) is 1.32. The highest BCUT2D eigenvalue weighted by atomic mass is 79.9. The summed E-state index contributed by atoms with van der Waals surface area (Å²) in [5.74, 6) is 0. The summed E-state index contributed by atoms with van der Waals surface area (Å²) in [6.45, 7) is 7.15. The van der Waals surface area contributed by atoms with Gasteiger partial charge >= 0.3 is 0 Å². The maximum Gasteiger partial charge on any atom is 0.107 e. The molecule has 0 amide bonds. The zero-order valence-corrected chi connectivity index (χ0v) is 13.6. The first-order valence-corrected chi connectivity index (χ1v) is 7.61. The Balaban J connectivity index is 2.45. The van der Waals surface area contributed by atoms with Crippen molar-refractivity contribution < 1.29 is 4.74 Å². The standard InChI is InChI=1S/C12H19BrClNOS/c1-12(2,4-5-15-6-7-16-3)10-8-9(13)11(14)17-10/h8,15H,4-7H2,1-3H3. The van der Waals surface area contributed by atoms with E-state index in [4.69, 9.17) is 16.3 Å². The van der Waals surface area contributed by atoms with Crippen LogP contribution < -0.4 is 5.32 Å². The smallest absolute Gasteiger partial charge is 0.107 e. The second-order valence-electron chi connectivity index (χ2n) is 4.61. The summed E-state index contributed by atoms with van der Waals surface area (Å²) >= 11 is 11.2. The van der Waals surface area contributed by atoms with E-state index in [2.05, 4.69) is 41.2 Å². The van der Waals surface area contributed by atoms with Gasteiger partial charge in [-0.3, -0.25) is 0 Å². The molecule has 0 unspecified atom stereocenters. The van der Waals surface area contributed by atoms with E-state index in [1.54, 1.807) is 18.4 Å². The third kappa shape index (κ3) is 4.87. The topological polar surface area (TPSA) is 21.3 Å². The Morgan fingerprint density at radius 1 is 1.47 bits per heavy atom. The van der Waals surface area contributed by atoms with E-state index in [-0.39, 0.29) is 5.41 Å². The maximum atomic E-state index is 6.08. The fourth-order valence-corrected chi connectivity index (χ4v) is 3.34. The van der Waals surface area contributed by atoms with Gasteiger partial charge in [0.25, 0.3) is 0 Å². The van der Waals surface area contributed by atoms with Crippen LogP contribution in [0, 0.1) is 0 Å². The molecule has 0 atom stereocenters. The molecule has 0 spiro atoms. The molecular weight excluding hydrogens is 322 g/mol. The molecule has 98 valence electrons. The molecule has 2 nitrogen and oxygen atoms in total. The van der Waals surface area contributed by atoms with Gasteiger partial charge in [-0.15, -0.1) is 11.3 Å². The van der Waals surface area contributed by atoms with Crippen molar-refractivity contribution in [1.29, 1.82) is 0 Å². The minimum atomic E-state index is 0.153. The Hall–Kier alpha value is 0.390. The lowest BCUT2D eigenvalue weighted by Crippen LogP contribution is -2.26. The Kier molecular flexibility index (Phi) is 6.45. The summed E-state index contributed by atoms with van der Waals surface area (Å²) < 4.78 is 6.83.